The number of thiazole rings is 1. The number of carbonyl (C=O) groups excluding carboxylic acids is 1. The zero-order valence-corrected chi connectivity index (χ0v) is 13.5. The second-order valence-corrected chi connectivity index (χ2v) is 6.38. The fourth-order valence-corrected chi connectivity index (χ4v) is 3.52. The van der Waals surface area contributed by atoms with E-state index in [1.165, 1.54) is 0 Å². The van der Waals surface area contributed by atoms with Crippen molar-refractivity contribution in [1.29, 1.82) is 0 Å². The summed E-state index contributed by atoms with van der Waals surface area (Å²) in [5.74, 6) is 1.72. The molecule has 22 heavy (non-hydrogen) atoms. The molecule has 8 heteroatoms. The fourth-order valence-electron chi connectivity index (χ4n) is 2.76. The summed E-state index contributed by atoms with van der Waals surface area (Å²) < 4.78 is 3.71. The summed E-state index contributed by atoms with van der Waals surface area (Å²) in [6, 6.07) is -0.174. The van der Waals surface area contributed by atoms with E-state index in [1.807, 2.05) is 19.2 Å². The first-order valence-electron chi connectivity index (χ1n) is 7.42. The van der Waals surface area contributed by atoms with Gasteiger partial charge in [-0.1, -0.05) is 11.3 Å². The van der Waals surface area contributed by atoms with Crippen LogP contribution in [-0.2, 0) is 24.3 Å². The lowest BCUT2D eigenvalue weighted by molar-refractivity contribution is -0.122. The van der Waals surface area contributed by atoms with Crippen molar-refractivity contribution in [3.63, 3.8) is 0 Å². The Morgan fingerprint density at radius 3 is 3.05 bits per heavy atom. The smallest absolute Gasteiger partial charge is 0.307 e. The van der Waals surface area contributed by atoms with Gasteiger partial charge in [-0.05, 0) is 20.3 Å². The molecule has 0 saturated carbocycles. The lowest BCUT2D eigenvalue weighted by atomic mass is 10.3. The third kappa shape index (κ3) is 2.83. The Labute approximate surface area is 132 Å². The average Bonchev–Trinajstić information content (AvgIpc) is 3.13. The molecule has 0 aromatic carbocycles. The van der Waals surface area contributed by atoms with Gasteiger partial charge < -0.3 is 14.5 Å². The Bertz CT molecular complexity index is 745. The fraction of sp³-hybridized carbons (Fsp3) is 0.571. The summed E-state index contributed by atoms with van der Waals surface area (Å²) >= 11 is 1.16. The van der Waals surface area contributed by atoms with Crippen molar-refractivity contribution in [3.8, 4) is 0 Å². The van der Waals surface area contributed by atoms with E-state index in [-0.39, 0.29) is 23.2 Å². The van der Waals surface area contributed by atoms with Gasteiger partial charge in [0.05, 0.1) is 6.04 Å². The first-order chi connectivity index (χ1) is 10.6. The highest BCUT2D eigenvalue weighted by Crippen LogP contribution is 2.18. The predicted molar refractivity (Wildman–Crippen MR) is 82.8 cm³/mol. The third-order valence-corrected chi connectivity index (χ3v) is 4.82. The quantitative estimate of drug-likeness (QED) is 0.891. The van der Waals surface area contributed by atoms with Crippen LogP contribution in [0.3, 0.4) is 0 Å². The standard InChI is InChI=1S/C14H19N5O2S/c1-9-8-22-14(21)18(9)7-5-12(20)15-10(2)13-17-16-11-4-3-6-19(11)13/h8,10H,3-7H2,1-2H3,(H,15,20)/t10-/m0/s1. The molecule has 0 saturated heterocycles. The Morgan fingerprint density at radius 1 is 1.50 bits per heavy atom. The molecule has 0 fully saturated rings. The molecule has 1 atom stereocenters. The molecule has 0 spiro atoms. The minimum atomic E-state index is -0.174. The number of carbonyl (C=O) groups is 1. The van der Waals surface area contributed by atoms with Crippen LogP contribution in [0.1, 0.15) is 43.1 Å². The zero-order valence-electron chi connectivity index (χ0n) is 12.7. The van der Waals surface area contributed by atoms with Gasteiger partial charge in [0.1, 0.15) is 5.82 Å². The first kappa shape index (κ1) is 15.0. The van der Waals surface area contributed by atoms with Crippen LogP contribution in [0.25, 0.3) is 0 Å². The van der Waals surface area contributed by atoms with Crippen molar-refractivity contribution in [2.24, 2.45) is 0 Å². The normalized spacial score (nSPS) is 14.8. The van der Waals surface area contributed by atoms with E-state index in [0.29, 0.717) is 6.54 Å². The molecule has 1 aliphatic rings. The summed E-state index contributed by atoms with van der Waals surface area (Å²) in [6.07, 6.45) is 2.32. The Hall–Kier alpha value is -1.96. The van der Waals surface area contributed by atoms with Gasteiger partial charge in [-0.15, -0.1) is 10.2 Å². The summed E-state index contributed by atoms with van der Waals surface area (Å²) in [4.78, 5) is 23.7. The molecular weight excluding hydrogens is 302 g/mol. The van der Waals surface area contributed by atoms with E-state index in [4.69, 9.17) is 0 Å². The van der Waals surface area contributed by atoms with Gasteiger partial charge in [0.15, 0.2) is 5.82 Å². The molecule has 0 bridgehead atoms. The number of aromatic nitrogens is 4. The maximum Gasteiger partial charge on any atom is 0.307 e. The van der Waals surface area contributed by atoms with E-state index < -0.39 is 0 Å². The number of amides is 1. The van der Waals surface area contributed by atoms with Crippen LogP contribution in [0, 0.1) is 6.92 Å². The van der Waals surface area contributed by atoms with Crippen molar-refractivity contribution in [2.75, 3.05) is 0 Å². The molecule has 1 N–H and O–H groups in total. The molecule has 0 radical (unpaired) electrons. The van der Waals surface area contributed by atoms with E-state index in [0.717, 1.165) is 48.1 Å². The largest absolute Gasteiger partial charge is 0.346 e. The summed E-state index contributed by atoms with van der Waals surface area (Å²) in [5, 5.41) is 13.1. The van der Waals surface area contributed by atoms with Crippen LogP contribution in [0.15, 0.2) is 10.2 Å². The highest BCUT2D eigenvalue weighted by Gasteiger charge is 2.22. The Kier molecular flexibility index (Phi) is 4.10. The van der Waals surface area contributed by atoms with Gasteiger partial charge in [0, 0.05) is 37.0 Å². The highest BCUT2D eigenvalue weighted by atomic mass is 32.1. The topological polar surface area (TPSA) is 81.8 Å². The molecule has 3 rings (SSSR count). The second-order valence-electron chi connectivity index (χ2n) is 5.56. The summed E-state index contributed by atoms with van der Waals surface area (Å²) in [7, 11) is 0. The Morgan fingerprint density at radius 2 is 2.32 bits per heavy atom. The molecule has 2 aromatic rings. The number of rotatable bonds is 5. The number of aryl methyl sites for hydroxylation is 2. The van der Waals surface area contributed by atoms with Gasteiger partial charge in [0.25, 0.3) is 0 Å². The third-order valence-electron chi connectivity index (χ3n) is 3.94. The number of nitrogens with one attached hydrogen (secondary N) is 1. The molecule has 2 aromatic heterocycles. The molecule has 118 valence electrons. The van der Waals surface area contributed by atoms with Crippen molar-refractivity contribution in [2.45, 2.75) is 52.2 Å². The van der Waals surface area contributed by atoms with Crippen LogP contribution in [0.2, 0.25) is 0 Å². The van der Waals surface area contributed by atoms with E-state index in [2.05, 4.69) is 20.1 Å². The number of fused-ring (bicyclic) bond motifs is 1. The minimum absolute atomic E-state index is 0.0198. The number of nitrogens with zero attached hydrogens (tertiary/aromatic N) is 4. The van der Waals surface area contributed by atoms with Crippen LogP contribution in [0.4, 0.5) is 0 Å². The first-order valence-corrected chi connectivity index (χ1v) is 8.30. The van der Waals surface area contributed by atoms with Gasteiger partial charge in [-0.2, -0.15) is 0 Å². The van der Waals surface area contributed by atoms with E-state index >= 15 is 0 Å². The number of hydrogen-bond acceptors (Lipinski definition) is 5. The monoisotopic (exact) mass is 321 g/mol. The maximum absolute atomic E-state index is 12.1. The average molecular weight is 321 g/mol. The maximum atomic E-state index is 12.1. The molecule has 7 nitrogen and oxygen atoms in total. The zero-order chi connectivity index (χ0) is 15.7. The van der Waals surface area contributed by atoms with Crippen molar-refractivity contribution in [3.05, 3.63) is 32.4 Å². The van der Waals surface area contributed by atoms with Crippen LogP contribution < -0.4 is 10.2 Å². The minimum Gasteiger partial charge on any atom is -0.346 e. The van der Waals surface area contributed by atoms with Gasteiger partial charge >= 0.3 is 4.87 Å². The predicted octanol–water partition coefficient (Wildman–Crippen LogP) is 1.02. The SMILES string of the molecule is Cc1csc(=O)n1CCC(=O)N[C@@H](C)c1nnc2n1CCC2. The molecule has 0 unspecified atom stereocenters. The van der Waals surface area contributed by atoms with Gasteiger partial charge in [-0.25, -0.2) is 0 Å². The van der Waals surface area contributed by atoms with Crippen molar-refractivity contribution in [1.82, 2.24) is 24.6 Å². The molecular formula is C14H19N5O2S. The highest BCUT2D eigenvalue weighted by molar-refractivity contribution is 7.07. The lowest BCUT2D eigenvalue weighted by Gasteiger charge is -2.14. The van der Waals surface area contributed by atoms with Crippen LogP contribution >= 0.6 is 11.3 Å². The molecule has 0 aliphatic carbocycles. The van der Waals surface area contributed by atoms with Crippen molar-refractivity contribution >= 4 is 17.2 Å². The van der Waals surface area contributed by atoms with Gasteiger partial charge in [-0.3, -0.25) is 9.59 Å². The lowest BCUT2D eigenvalue weighted by Crippen LogP contribution is -2.30. The van der Waals surface area contributed by atoms with Gasteiger partial charge in [0.2, 0.25) is 5.91 Å². The van der Waals surface area contributed by atoms with E-state index in [9.17, 15) is 9.59 Å². The summed E-state index contributed by atoms with van der Waals surface area (Å²) in [5.41, 5.74) is 0.895. The van der Waals surface area contributed by atoms with Crippen molar-refractivity contribution < 1.29 is 4.79 Å². The number of hydrogen-bond donors (Lipinski definition) is 1. The van der Waals surface area contributed by atoms with Crippen LogP contribution in [0.5, 0.6) is 0 Å². The second kappa shape index (κ2) is 6.04. The Balaban J connectivity index is 1.58. The molecule has 1 amide bonds. The summed E-state index contributed by atoms with van der Waals surface area (Å²) in [6.45, 7) is 5.11. The molecule has 3 heterocycles. The van der Waals surface area contributed by atoms with E-state index in [1.54, 1.807) is 4.57 Å². The van der Waals surface area contributed by atoms with Crippen LogP contribution in [-0.4, -0.2) is 25.2 Å². The molecule has 1 aliphatic heterocycles.